The Hall–Kier alpha value is -3.46. The van der Waals surface area contributed by atoms with Crippen molar-refractivity contribution in [2.45, 2.75) is 5.92 Å². The van der Waals surface area contributed by atoms with E-state index < -0.39 is 22.4 Å². The predicted octanol–water partition coefficient (Wildman–Crippen LogP) is 1.03. The van der Waals surface area contributed by atoms with Crippen molar-refractivity contribution < 1.29 is 15.2 Å². The van der Waals surface area contributed by atoms with E-state index in [-0.39, 0.29) is 17.1 Å². The van der Waals surface area contributed by atoms with E-state index in [4.69, 9.17) is 4.74 Å². The zero-order chi connectivity index (χ0) is 19.0. The van der Waals surface area contributed by atoms with Crippen molar-refractivity contribution in [1.82, 2.24) is 9.97 Å². The summed E-state index contributed by atoms with van der Waals surface area (Å²) in [6.07, 6.45) is 1.74. The molecule has 0 amide bonds. The van der Waals surface area contributed by atoms with Gasteiger partial charge >= 0.3 is 5.69 Å². The molecule has 0 saturated heterocycles. The standard InChI is InChI=1S/C19H15N3O5/c23-17-16-14(12-7-4-8-13(9-12)22(25)26)10-15(11-5-2-1-3-6-11)27-18(16)21-19(24)20-17/h1-10,14,22,25H,(H2,20,21,23,24). The SMILES string of the molecule is O=c1[nH]c2c(c(=O)[nH]1)C(c1cccc([NH+]([O-])O)c1)C=C(c1ccccc1)O2. The number of hydrogen-bond acceptors (Lipinski definition) is 5. The van der Waals surface area contributed by atoms with Gasteiger partial charge in [-0.05, 0) is 11.6 Å². The van der Waals surface area contributed by atoms with E-state index in [1.807, 2.05) is 30.3 Å². The molecule has 0 radical (unpaired) electrons. The number of allylic oxidation sites excluding steroid dienone is 1. The Labute approximate surface area is 152 Å². The summed E-state index contributed by atoms with van der Waals surface area (Å²) < 4.78 is 5.78. The molecule has 1 aliphatic rings. The normalized spacial score (nSPS) is 16.8. The molecular formula is C19H15N3O5. The Morgan fingerprint density at radius 2 is 1.81 bits per heavy atom. The molecule has 2 heterocycles. The van der Waals surface area contributed by atoms with Gasteiger partial charge in [-0.2, -0.15) is 5.23 Å². The fourth-order valence-corrected chi connectivity index (χ4v) is 3.10. The largest absolute Gasteiger partial charge is 0.595 e. The van der Waals surface area contributed by atoms with Crippen LogP contribution < -0.4 is 21.2 Å². The first kappa shape index (κ1) is 17.0. The molecule has 4 N–H and O–H groups in total. The summed E-state index contributed by atoms with van der Waals surface area (Å²) in [4.78, 5) is 28.8. The van der Waals surface area contributed by atoms with E-state index in [9.17, 15) is 20.0 Å². The fraction of sp³-hybridized carbons (Fsp3) is 0.0526. The van der Waals surface area contributed by atoms with Gasteiger partial charge in [0.1, 0.15) is 5.76 Å². The van der Waals surface area contributed by atoms with Gasteiger partial charge in [-0.1, -0.05) is 42.5 Å². The van der Waals surface area contributed by atoms with E-state index in [2.05, 4.69) is 9.97 Å². The van der Waals surface area contributed by atoms with Crippen LogP contribution in [0.5, 0.6) is 5.88 Å². The molecule has 0 fully saturated rings. The van der Waals surface area contributed by atoms with Gasteiger partial charge in [0.05, 0.1) is 5.56 Å². The summed E-state index contributed by atoms with van der Waals surface area (Å²) in [7, 11) is 0. The number of rotatable bonds is 3. The molecule has 0 spiro atoms. The fourth-order valence-electron chi connectivity index (χ4n) is 3.10. The molecule has 1 aromatic heterocycles. The van der Waals surface area contributed by atoms with Gasteiger partial charge in [-0.25, -0.2) is 10.0 Å². The van der Waals surface area contributed by atoms with Crippen molar-refractivity contribution in [2.24, 2.45) is 0 Å². The second kappa shape index (κ2) is 6.69. The highest BCUT2D eigenvalue weighted by atomic mass is 16.8. The number of aromatic nitrogens is 2. The summed E-state index contributed by atoms with van der Waals surface area (Å²) >= 11 is 0. The minimum Gasteiger partial charge on any atom is -0.595 e. The van der Waals surface area contributed by atoms with Gasteiger partial charge < -0.3 is 9.94 Å². The Morgan fingerprint density at radius 1 is 1.04 bits per heavy atom. The average Bonchev–Trinajstić information content (AvgIpc) is 2.67. The molecule has 0 aliphatic carbocycles. The monoisotopic (exact) mass is 365 g/mol. The van der Waals surface area contributed by atoms with Crippen LogP contribution in [0.4, 0.5) is 5.69 Å². The molecule has 0 saturated carbocycles. The molecule has 0 bridgehead atoms. The van der Waals surface area contributed by atoms with Crippen LogP contribution >= 0.6 is 0 Å². The highest BCUT2D eigenvalue weighted by Crippen LogP contribution is 2.37. The molecule has 27 heavy (non-hydrogen) atoms. The second-order valence-corrected chi connectivity index (χ2v) is 6.06. The number of nitrogens with one attached hydrogen (secondary N) is 3. The maximum absolute atomic E-state index is 12.4. The first-order valence-corrected chi connectivity index (χ1v) is 8.18. The highest BCUT2D eigenvalue weighted by molar-refractivity contribution is 5.67. The lowest BCUT2D eigenvalue weighted by Gasteiger charge is -2.24. The van der Waals surface area contributed by atoms with E-state index in [0.29, 0.717) is 11.3 Å². The van der Waals surface area contributed by atoms with Gasteiger partial charge in [0.2, 0.25) is 5.88 Å². The Balaban J connectivity index is 1.92. The topological polar surface area (TPSA) is 123 Å². The molecule has 8 heteroatoms. The zero-order valence-electron chi connectivity index (χ0n) is 13.9. The van der Waals surface area contributed by atoms with Crippen molar-refractivity contribution in [3.8, 4) is 5.88 Å². The molecule has 8 nitrogen and oxygen atoms in total. The number of quaternary nitrogens is 1. The third-order valence-corrected chi connectivity index (χ3v) is 4.34. The molecular weight excluding hydrogens is 350 g/mol. The molecule has 2 unspecified atom stereocenters. The Morgan fingerprint density at radius 3 is 2.56 bits per heavy atom. The van der Waals surface area contributed by atoms with Crippen LogP contribution in [-0.2, 0) is 0 Å². The third-order valence-electron chi connectivity index (χ3n) is 4.34. The summed E-state index contributed by atoms with van der Waals surface area (Å²) in [6.45, 7) is 0. The average molecular weight is 365 g/mol. The van der Waals surface area contributed by atoms with Crippen LogP contribution in [0, 0.1) is 5.21 Å². The zero-order valence-corrected chi connectivity index (χ0v) is 13.9. The summed E-state index contributed by atoms with van der Waals surface area (Å²) in [5, 5.41) is 19.5. The Kier molecular flexibility index (Phi) is 4.21. The van der Waals surface area contributed by atoms with E-state index in [1.165, 1.54) is 12.1 Å². The van der Waals surface area contributed by atoms with Gasteiger partial charge in [0.25, 0.3) is 5.56 Å². The number of aromatic amines is 2. The molecule has 2 atom stereocenters. The number of hydrogen-bond donors (Lipinski definition) is 4. The summed E-state index contributed by atoms with van der Waals surface area (Å²) in [5.41, 5.74) is 0.441. The van der Waals surface area contributed by atoms with E-state index >= 15 is 0 Å². The number of fused-ring (bicyclic) bond motifs is 1. The first-order chi connectivity index (χ1) is 13.0. The van der Waals surface area contributed by atoms with Crippen molar-refractivity contribution in [1.29, 1.82) is 0 Å². The first-order valence-electron chi connectivity index (χ1n) is 8.18. The van der Waals surface area contributed by atoms with Crippen LogP contribution in [0.15, 0.2) is 70.3 Å². The van der Waals surface area contributed by atoms with Crippen LogP contribution in [-0.4, -0.2) is 15.2 Å². The lowest BCUT2D eigenvalue weighted by molar-refractivity contribution is -0.991. The lowest BCUT2D eigenvalue weighted by Crippen LogP contribution is -2.99. The van der Waals surface area contributed by atoms with Crippen molar-refractivity contribution in [3.05, 3.63) is 103 Å². The maximum Gasteiger partial charge on any atom is 0.328 e. The van der Waals surface area contributed by atoms with Gasteiger partial charge in [0, 0.05) is 23.6 Å². The molecule has 3 aromatic rings. The lowest BCUT2D eigenvalue weighted by atomic mass is 9.89. The number of benzene rings is 2. The van der Waals surface area contributed by atoms with E-state index in [1.54, 1.807) is 18.2 Å². The van der Waals surface area contributed by atoms with Crippen LogP contribution in [0.1, 0.15) is 22.6 Å². The molecule has 2 aromatic carbocycles. The van der Waals surface area contributed by atoms with Gasteiger partial charge in [0.15, 0.2) is 5.69 Å². The summed E-state index contributed by atoms with van der Waals surface area (Å²) in [6, 6.07) is 15.6. The van der Waals surface area contributed by atoms with Crippen LogP contribution in [0.2, 0.25) is 0 Å². The van der Waals surface area contributed by atoms with Crippen molar-refractivity contribution in [2.75, 3.05) is 0 Å². The molecule has 4 rings (SSSR count). The second-order valence-electron chi connectivity index (χ2n) is 6.06. The molecule has 1 aliphatic heterocycles. The minimum absolute atomic E-state index is 0.0517. The quantitative estimate of drug-likeness (QED) is 0.517. The van der Waals surface area contributed by atoms with Gasteiger partial charge in [-0.15, -0.1) is 0 Å². The summed E-state index contributed by atoms with van der Waals surface area (Å²) in [5.74, 6) is -0.0604. The predicted molar refractivity (Wildman–Crippen MR) is 96.8 cm³/mol. The van der Waals surface area contributed by atoms with Gasteiger partial charge in [-0.3, -0.25) is 14.8 Å². The molecule has 136 valence electrons. The number of ether oxygens (including phenoxy) is 1. The van der Waals surface area contributed by atoms with E-state index in [0.717, 1.165) is 5.56 Å². The van der Waals surface area contributed by atoms with Crippen LogP contribution in [0.25, 0.3) is 5.76 Å². The smallest absolute Gasteiger partial charge is 0.328 e. The van der Waals surface area contributed by atoms with Crippen molar-refractivity contribution in [3.63, 3.8) is 0 Å². The van der Waals surface area contributed by atoms with Crippen molar-refractivity contribution >= 4 is 11.4 Å². The minimum atomic E-state index is -1.06. The Bertz CT molecular complexity index is 1130. The number of H-pyrrole nitrogens is 2. The maximum atomic E-state index is 12.4. The highest BCUT2D eigenvalue weighted by Gasteiger charge is 2.28. The third kappa shape index (κ3) is 3.20. The van der Waals surface area contributed by atoms with Crippen LogP contribution in [0.3, 0.4) is 0 Å².